The normalized spacial score (nSPS) is 19.8. The molecule has 1 aliphatic rings. The van der Waals surface area contributed by atoms with Gasteiger partial charge in [0.1, 0.15) is 0 Å². The van der Waals surface area contributed by atoms with Gasteiger partial charge in [-0.25, -0.2) is 0 Å². The third-order valence-corrected chi connectivity index (χ3v) is 4.39. The van der Waals surface area contributed by atoms with E-state index in [-0.39, 0.29) is 0 Å². The van der Waals surface area contributed by atoms with Crippen molar-refractivity contribution in [2.24, 2.45) is 11.7 Å². The van der Waals surface area contributed by atoms with E-state index in [1.165, 1.54) is 49.9 Å². The Hall–Kier alpha value is -0.900. The van der Waals surface area contributed by atoms with Crippen LogP contribution in [0.2, 0.25) is 0 Å². The van der Waals surface area contributed by atoms with Crippen LogP contribution in [0.25, 0.3) is 0 Å². The van der Waals surface area contributed by atoms with Gasteiger partial charge in [-0.3, -0.25) is 4.90 Å². The average molecular weight is 290 g/mol. The Morgan fingerprint density at radius 2 is 2.19 bits per heavy atom. The minimum atomic E-state index is 0.731. The standard InChI is InChI=1S/C18H30N2O/c1-21-12-4-8-17-7-3-11-20(14-17)15-18-6-2-5-16(13-18)9-10-19/h2,5-6,13,17H,3-4,7-12,14-15,19H2,1H3/t17-/m0/s1. The smallest absolute Gasteiger partial charge is 0.0462 e. The monoisotopic (exact) mass is 290 g/mol. The van der Waals surface area contributed by atoms with Gasteiger partial charge < -0.3 is 10.5 Å². The molecule has 0 aromatic heterocycles. The Kier molecular flexibility index (Phi) is 7.20. The topological polar surface area (TPSA) is 38.5 Å². The molecule has 1 fully saturated rings. The van der Waals surface area contributed by atoms with Gasteiger partial charge in [0.25, 0.3) is 0 Å². The first-order chi connectivity index (χ1) is 10.3. The van der Waals surface area contributed by atoms with Crippen LogP contribution in [0.15, 0.2) is 24.3 Å². The maximum atomic E-state index is 5.65. The maximum Gasteiger partial charge on any atom is 0.0462 e. The largest absolute Gasteiger partial charge is 0.385 e. The fraction of sp³-hybridized carbons (Fsp3) is 0.667. The van der Waals surface area contributed by atoms with Crippen molar-refractivity contribution >= 4 is 0 Å². The molecule has 1 atom stereocenters. The molecule has 1 aliphatic heterocycles. The van der Waals surface area contributed by atoms with Crippen LogP contribution in [0.3, 0.4) is 0 Å². The van der Waals surface area contributed by atoms with Crippen molar-refractivity contribution in [2.75, 3.05) is 33.4 Å². The van der Waals surface area contributed by atoms with Crippen LogP contribution in [0.1, 0.15) is 36.8 Å². The summed E-state index contributed by atoms with van der Waals surface area (Å²) in [6.45, 7) is 5.19. The van der Waals surface area contributed by atoms with Gasteiger partial charge in [-0.1, -0.05) is 24.3 Å². The van der Waals surface area contributed by atoms with Crippen molar-refractivity contribution in [3.8, 4) is 0 Å². The fourth-order valence-corrected chi connectivity index (χ4v) is 3.36. The number of ether oxygens (including phenoxy) is 1. The predicted octanol–water partition coefficient (Wildman–Crippen LogP) is 2.83. The van der Waals surface area contributed by atoms with Crippen molar-refractivity contribution in [1.29, 1.82) is 0 Å². The predicted molar refractivity (Wildman–Crippen MR) is 88.3 cm³/mol. The minimum Gasteiger partial charge on any atom is -0.385 e. The van der Waals surface area contributed by atoms with Crippen LogP contribution >= 0.6 is 0 Å². The molecular formula is C18H30N2O. The Bertz CT molecular complexity index is 408. The van der Waals surface area contributed by atoms with Gasteiger partial charge in [-0.2, -0.15) is 0 Å². The third kappa shape index (κ3) is 5.77. The zero-order chi connectivity index (χ0) is 14.9. The van der Waals surface area contributed by atoms with Crippen molar-refractivity contribution in [1.82, 2.24) is 4.90 Å². The fourth-order valence-electron chi connectivity index (χ4n) is 3.36. The molecule has 0 spiro atoms. The van der Waals surface area contributed by atoms with Gasteiger partial charge in [-0.15, -0.1) is 0 Å². The van der Waals surface area contributed by atoms with Crippen LogP contribution in [0.4, 0.5) is 0 Å². The number of nitrogens with two attached hydrogens (primary N) is 1. The quantitative estimate of drug-likeness (QED) is 0.748. The molecule has 2 rings (SSSR count). The number of methoxy groups -OCH3 is 1. The molecule has 0 radical (unpaired) electrons. The summed E-state index contributed by atoms with van der Waals surface area (Å²) in [4.78, 5) is 2.61. The highest BCUT2D eigenvalue weighted by atomic mass is 16.5. The first kappa shape index (κ1) is 16.5. The molecule has 0 saturated carbocycles. The van der Waals surface area contributed by atoms with Gasteiger partial charge in [0.2, 0.25) is 0 Å². The molecule has 1 aromatic carbocycles. The van der Waals surface area contributed by atoms with Gasteiger partial charge in [0, 0.05) is 26.8 Å². The first-order valence-electron chi connectivity index (χ1n) is 8.31. The number of hydrogen-bond donors (Lipinski definition) is 1. The lowest BCUT2D eigenvalue weighted by molar-refractivity contribution is 0.142. The van der Waals surface area contributed by atoms with Crippen LogP contribution in [-0.4, -0.2) is 38.3 Å². The Morgan fingerprint density at radius 3 is 3.00 bits per heavy atom. The number of rotatable bonds is 8. The zero-order valence-corrected chi connectivity index (χ0v) is 13.4. The lowest BCUT2D eigenvalue weighted by Gasteiger charge is -2.33. The molecule has 0 unspecified atom stereocenters. The van der Waals surface area contributed by atoms with E-state index in [0.29, 0.717) is 0 Å². The molecule has 2 N–H and O–H groups in total. The maximum absolute atomic E-state index is 5.65. The molecule has 1 aromatic rings. The van der Waals surface area contributed by atoms with Gasteiger partial charge in [0.05, 0.1) is 0 Å². The summed E-state index contributed by atoms with van der Waals surface area (Å²) in [6.07, 6.45) is 6.19. The minimum absolute atomic E-state index is 0.731. The zero-order valence-electron chi connectivity index (χ0n) is 13.4. The Morgan fingerprint density at radius 1 is 1.33 bits per heavy atom. The number of nitrogens with zero attached hydrogens (tertiary/aromatic N) is 1. The van der Waals surface area contributed by atoms with E-state index < -0.39 is 0 Å². The van der Waals surface area contributed by atoms with Crippen LogP contribution in [0, 0.1) is 5.92 Å². The molecule has 0 amide bonds. The van der Waals surface area contributed by atoms with Crippen molar-refractivity contribution in [2.45, 2.75) is 38.6 Å². The summed E-state index contributed by atoms with van der Waals surface area (Å²) in [7, 11) is 1.79. The van der Waals surface area contributed by atoms with E-state index >= 15 is 0 Å². The molecule has 1 heterocycles. The number of piperidine rings is 1. The molecule has 21 heavy (non-hydrogen) atoms. The average Bonchev–Trinajstić information content (AvgIpc) is 2.49. The van der Waals surface area contributed by atoms with Crippen molar-refractivity contribution in [3.63, 3.8) is 0 Å². The lowest BCUT2D eigenvalue weighted by Crippen LogP contribution is -2.35. The third-order valence-electron chi connectivity index (χ3n) is 4.39. The second kappa shape index (κ2) is 9.19. The van der Waals surface area contributed by atoms with Crippen molar-refractivity contribution < 1.29 is 4.74 Å². The second-order valence-electron chi connectivity index (χ2n) is 6.24. The van der Waals surface area contributed by atoms with E-state index in [1.807, 2.05) is 0 Å². The summed E-state index contributed by atoms with van der Waals surface area (Å²) >= 11 is 0. The number of likely N-dealkylation sites (tertiary alicyclic amines) is 1. The highest BCUT2D eigenvalue weighted by Gasteiger charge is 2.19. The first-order valence-corrected chi connectivity index (χ1v) is 8.31. The number of hydrogen-bond acceptors (Lipinski definition) is 3. The van der Waals surface area contributed by atoms with Gasteiger partial charge in [-0.05, 0) is 62.2 Å². The highest BCUT2D eigenvalue weighted by molar-refractivity contribution is 5.23. The summed E-state index contributed by atoms with van der Waals surface area (Å²) < 4.78 is 5.17. The molecule has 3 heteroatoms. The molecule has 0 aliphatic carbocycles. The molecule has 1 saturated heterocycles. The second-order valence-corrected chi connectivity index (χ2v) is 6.24. The lowest BCUT2D eigenvalue weighted by atomic mass is 9.93. The highest BCUT2D eigenvalue weighted by Crippen LogP contribution is 2.22. The van der Waals surface area contributed by atoms with Crippen LogP contribution in [-0.2, 0) is 17.7 Å². The summed E-state index contributed by atoms with van der Waals surface area (Å²) in [5.74, 6) is 0.848. The van der Waals surface area contributed by atoms with Crippen molar-refractivity contribution in [3.05, 3.63) is 35.4 Å². The molecular weight excluding hydrogens is 260 g/mol. The van der Waals surface area contributed by atoms with E-state index in [2.05, 4.69) is 29.2 Å². The SMILES string of the molecule is COCCC[C@@H]1CCCN(Cc2cccc(CCN)c2)C1. The van der Waals surface area contributed by atoms with Gasteiger partial charge in [0.15, 0.2) is 0 Å². The van der Waals surface area contributed by atoms with E-state index in [1.54, 1.807) is 7.11 Å². The summed E-state index contributed by atoms with van der Waals surface area (Å²) in [6, 6.07) is 8.91. The van der Waals surface area contributed by atoms with Crippen LogP contribution in [0.5, 0.6) is 0 Å². The summed E-state index contributed by atoms with van der Waals surface area (Å²) in [5, 5.41) is 0. The van der Waals surface area contributed by atoms with E-state index in [9.17, 15) is 0 Å². The van der Waals surface area contributed by atoms with Gasteiger partial charge >= 0.3 is 0 Å². The summed E-state index contributed by atoms with van der Waals surface area (Å²) in [5.41, 5.74) is 8.44. The molecule has 118 valence electrons. The Labute approximate surface area is 129 Å². The molecule has 0 bridgehead atoms. The molecule has 3 nitrogen and oxygen atoms in total. The van der Waals surface area contributed by atoms with Crippen LogP contribution < -0.4 is 5.73 Å². The Balaban J connectivity index is 1.82. The van der Waals surface area contributed by atoms with E-state index in [0.717, 1.165) is 32.0 Å². The van der Waals surface area contributed by atoms with E-state index in [4.69, 9.17) is 10.5 Å². The number of benzene rings is 1.